The summed E-state index contributed by atoms with van der Waals surface area (Å²) in [5, 5.41) is 3.34. The molecule has 1 aliphatic rings. The Kier molecular flexibility index (Phi) is 4.78. The van der Waals surface area contributed by atoms with Crippen molar-refractivity contribution in [3.8, 4) is 0 Å². The molecule has 1 unspecified atom stereocenters. The van der Waals surface area contributed by atoms with E-state index >= 15 is 0 Å². The fourth-order valence-corrected chi connectivity index (χ4v) is 2.42. The lowest BCUT2D eigenvalue weighted by Gasteiger charge is -2.39. The van der Waals surface area contributed by atoms with Crippen molar-refractivity contribution in [2.24, 2.45) is 5.41 Å². The van der Waals surface area contributed by atoms with Crippen LogP contribution in [0.15, 0.2) is 0 Å². The Bertz CT molecular complexity index is 232. The second-order valence-electron chi connectivity index (χ2n) is 5.43. The van der Waals surface area contributed by atoms with Crippen LogP contribution < -0.4 is 5.32 Å². The van der Waals surface area contributed by atoms with E-state index in [4.69, 9.17) is 0 Å². The number of rotatable bonds is 4. The largest absolute Gasteiger partial charge is 0.340 e. The van der Waals surface area contributed by atoms with Gasteiger partial charge in [-0.1, -0.05) is 6.92 Å². The van der Waals surface area contributed by atoms with Gasteiger partial charge in [0.05, 0.1) is 5.41 Å². The van der Waals surface area contributed by atoms with E-state index < -0.39 is 0 Å². The molecule has 1 N–H and O–H groups in total. The predicted octanol–water partition coefficient (Wildman–Crippen LogP) is 2.02. The molecule has 3 heteroatoms. The third-order valence-corrected chi connectivity index (χ3v) is 3.46. The van der Waals surface area contributed by atoms with Crippen LogP contribution in [0.25, 0.3) is 0 Å². The number of carbonyl (C=O) groups excluding carboxylic acids is 1. The van der Waals surface area contributed by atoms with E-state index in [1.54, 1.807) is 0 Å². The van der Waals surface area contributed by atoms with Gasteiger partial charge >= 0.3 is 0 Å². The maximum atomic E-state index is 12.5. The first-order chi connectivity index (χ1) is 7.51. The summed E-state index contributed by atoms with van der Waals surface area (Å²) < 4.78 is 0. The quantitative estimate of drug-likeness (QED) is 0.795. The molecular weight excluding hydrogens is 200 g/mol. The van der Waals surface area contributed by atoms with E-state index in [0.717, 1.165) is 38.9 Å². The summed E-state index contributed by atoms with van der Waals surface area (Å²) in [7, 11) is 0. The molecule has 1 amide bonds. The fourth-order valence-electron chi connectivity index (χ4n) is 2.42. The van der Waals surface area contributed by atoms with Crippen LogP contribution in [-0.2, 0) is 4.79 Å². The average molecular weight is 226 g/mol. The summed E-state index contributed by atoms with van der Waals surface area (Å²) in [6.45, 7) is 11.2. The zero-order chi connectivity index (χ0) is 12.2. The minimum absolute atomic E-state index is 0.183. The van der Waals surface area contributed by atoms with Gasteiger partial charge in [-0.25, -0.2) is 0 Å². The summed E-state index contributed by atoms with van der Waals surface area (Å²) in [5.41, 5.74) is -0.183. The highest BCUT2D eigenvalue weighted by Gasteiger charge is 2.38. The molecule has 1 saturated heterocycles. The first kappa shape index (κ1) is 13.5. The number of hydrogen-bond acceptors (Lipinski definition) is 2. The third kappa shape index (κ3) is 2.97. The van der Waals surface area contributed by atoms with E-state index in [2.05, 4.69) is 33.0 Å². The molecule has 0 bridgehead atoms. The molecule has 0 aromatic rings. The van der Waals surface area contributed by atoms with Crippen LogP contribution in [0.5, 0.6) is 0 Å². The molecule has 3 nitrogen and oxygen atoms in total. The van der Waals surface area contributed by atoms with Gasteiger partial charge in [-0.2, -0.15) is 0 Å². The van der Waals surface area contributed by atoms with E-state index in [1.165, 1.54) is 0 Å². The minimum Gasteiger partial charge on any atom is -0.340 e. The van der Waals surface area contributed by atoms with Crippen molar-refractivity contribution < 1.29 is 4.79 Å². The van der Waals surface area contributed by atoms with Crippen molar-refractivity contribution in [1.29, 1.82) is 0 Å². The first-order valence-corrected chi connectivity index (χ1v) is 6.53. The van der Waals surface area contributed by atoms with Gasteiger partial charge in [-0.3, -0.25) is 4.79 Å². The summed E-state index contributed by atoms with van der Waals surface area (Å²) in [4.78, 5) is 14.6. The molecule has 0 radical (unpaired) electrons. The topological polar surface area (TPSA) is 32.3 Å². The Labute approximate surface area is 99.6 Å². The second kappa shape index (κ2) is 5.67. The van der Waals surface area contributed by atoms with Crippen molar-refractivity contribution in [3.63, 3.8) is 0 Å². The van der Waals surface area contributed by atoms with Crippen LogP contribution in [0.3, 0.4) is 0 Å². The van der Waals surface area contributed by atoms with Gasteiger partial charge in [-0.05, 0) is 46.6 Å². The maximum absolute atomic E-state index is 12.5. The fraction of sp³-hybridized carbons (Fsp3) is 0.923. The molecule has 94 valence electrons. The van der Waals surface area contributed by atoms with Gasteiger partial charge in [0.2, 0.25) is 5.91 Å². The molecular formula is C13H26N2O. The Morgan fingerprint density at radius 2 is 2.19 bits per heavy atom. The SMILES string of the molecule is CCCN(C(=O)C1(C)CCCNC1)C(C)C. The highest BCUT2D eigenvalue weighted by molar-refractivity contribution is 5.83. The molecule has 16 heavy (non-hydrogen) atoms. The van der Waals surface area contributed by atoms with E-state index in [9.17, 15) is 4.79 Å². The summed E-state index contributed by atoms with van der Waals surface area (Å²) in [6, 6.07) is 0.311. The first-order valence-electron chi connectivity index (χ1n) is 6.53. The Hall–Kier alpha value is -0.570. The highest BCUT2D eigenvalue weighted by atomic mass is 16.2. The van der Waals surface area contributed by atoms with Gasteiger partial charge in [0.1, 0.15) is 0 Å². The van der Waals surface area contributed by atoms with Crippen LogP contribution in [0.2, 0.25) is 0 Å². The molecule has 0 saturated carbocycles. The molecule has 0 aromatic heterocycles. The normalized spacial score (nSPS) is 25.8. The number of hydrogen-bond donors (Lipinski definition) is 1. The summed E-state index contributed by atoms with van der Waals surface area (Å²) >= 11 is 0. The van der Waals surface area contributed by atoms with Gasteiger partial charge in [0.15, 0.2) is 0 Å². The Morgan fingerprint density at radius 1 is 1.50 bits per heavy atom. The third-order valence-electron chi connectivity index (χ3n) is 3.46. The predicted molar refractivity (Wildman–Crippen MR) is 67.4 cm³/mol. The van der Waals surface area contributed by atoms with Crippen molar-refractivity contribution in [2.45, 2.75) is 53.0 Å². The van der Waals surface area contributed by atoms with Crippen molar-refractivity contribution >= 4 is 5.91 Å². The van der Waals surface area contributed by atoms with Gasteiger partial charge in [0.25, 0.3) is 0 Å². The van der Waals surface area contributed by atoms with E-state index in [0.29, 0.717) is 11.9 Å². The van der Waals surface area contributed by atoms with E-state index in [-0.39, 0.29) is 5.41 Å². The average Bonchev–Trinajstić information content (AvgIpc) is 2.25. The van der Waals surface area contributed by atoms with Crippen LogP contribution in [-0.4, -0.2) is 36.5 Å². The molecule has 1 heterocycles. The number of amides is 1. The van der Waals surface area contributed by atoms with Crippen molar-refractivity contribution in [3.05, 3.63) is 0 Å². The monoisotopic (exact) mass is 226 g/mol. The number of piperidine rings is 1. The Morgan fingerprint density at radius 3 is 2.62 bits per heavy atom. The Balaban J connectivity index is 2.72. The number of nitrogens with zero attached hydrogens (tertiary/aromatic N) is 1. The molecule has 0 spiro atoms. The lowest BCUT2D eigenvalue weighted by Crippen LogP contribution is -2.52. The van der Waals surface area contributed by atoms with Crippen LogP contribution in [0.1, 0.15) is 47.0 Å². The zero-order valence-electron chi connectivity index (χ0n) is 11.2. The van der Waals surface area contributed by atoms with Gasteiger partial charge in [-0.15, -0.1) is 0 Å². The van der Waals surface area contributed by atoms with Crippen LogP contribution in [0, 0.1) is 5.41 Å². The number of carbonyl (C=O) groups is 1. The van der Waals surface area contributed by atoms with Gasteiger partial charge in [0, 0.05) is 19.1 Å². The molecule has 1 aliphatic heterocycles. The van der Waals surface area contributed by atoms with Gasteiger partial charge < -0.3 is 10.2 Å². The van der Waals surface area contributed by atoms with E-state index in [1.807, 2.05) is 4.90 Å². The summed E-state index contributed by atoms with van der Waals surface area (Å²) in [5.74, 6) is 0.330. The smallest absolute Gasteiger partial charge is 0.230 e. The zero-order valence-corrected chi connectivity index (χ0v) is 11.2. The van der Waals surface area contributed by atoms with Crippen molar-refractivity contribution in [1.82, 2.24) is 10.2 Å². The molecule has 1 fully saturated rings. The van der Waals surface area contributed by atoms with Crippen LogP contribution >= 0.6 is 0 Å². The lowest BCUT2D eigenvalue weighted by molar-refractivity contribution is -0.144. The molecule has 0 aromatic carbocycles. The van der Waals surface area contributed by atoms with Crippen molar-refractivity contribution in [2.75, 3.05) is 19.6 Å². The molecule has 1 atom stereocenters. The molecule has 1 rings (SSSR count). The highest BCUT2D eigenvalue weighted by Crippen LogP contribution is 2.28. The molecule has 0 aliphatic carbocycles. The maximum Gasteiger partial charge on any atom is 0.230 e. The number of nitrogens with one attached hydrogen (secondary N) is 1. The summed E-state index contributed by atoms with van der Waals surface area (Å²) in [6.07, 6.45) is 3.17. The standard InChI is InChI=1S/C13H26N2O/c1-5-9-15(11(2)3)12(16)13(4)7-6-8-14-10-13/h11,14H,5-10H2,1-4H3. The second-order valence-corrected chi connectivity index (χ2v) is 5.43. The van der Waals surface area contributed by atoms with Crippen LogP contribution in [0.4, 0.5) is 0 Å². The minimum atomic E-state index is -0.183. The lowest BCUT2D eigenvalue weighted by atomic mass is 9.81.